The number of sulfonamides is 1. The molecular formula is C22H24Cl2N4O3S. The minimum absolute atomic E-state index is 0.0950. The molecule has 2 aromatic carbocycles. The van der Waals surface area contributed by atoms with Crippen LogP contribution in [0.3, 0.4) is 0 Å². The number of nitrogens with one attached hydrogen (secondary N) is 2. The smallest absolute Gasteiger partial charge is 0.261 e. The quantitative estimate of drug-likeness (QED) is 0.429. The predicted octanol–water partition coefficient (Wildman–Crippen LogP) is 4.95. The highest BCUT2D eigenvalue weighted by atomic mass is 35.5. The van der Waals surface area contributed by atoms with E-state index in [9.17, 15) is 8.42 Å². The Hall–Kier alpha value is -2.39. The van der Waals surface area contributed by atoms with Gasteiger partial charge in [-0.05, 0) is 41.3 Å². The highest BCUT2D eigenvalue weighted by molar-refractivity contribution is 7.92. The lowest BCUT2D eigenvalue weighted by atomic mass is 9.87. The topological polar surface area (TPSA) is 104 Å². The maximum absolute atomic E-state index is 13.1. The van der Waals surface area contributed by atoms with Gasteiger partial charge in [-0.15, -0.1) is 0 Å². The average molecular weight is 495 g/mol. The second-order valence-electron chi connectivity index (χ2n) is 8.11. The van der Waals surface area contributed by atoms with Crippen molar-refractivity contribution in [3.05, 3.63) is 64.4 Å². The molecule has 170 valence electrons. The molecule has 1 aromatic heterocycles. The molecule has 10 heteroatoms. The summed E-state index contributed by atoms with van der Waals surface area (Å²) in [4.78, 5) is 8.65. The van der Waals surface area contributed by atoms with Gasteiger partial charge in [0.25, 0.3) is 10.0 Å². The van der Waals surface area contributed by atoms with Crippen LogP contribution < -0.4 is 10.0 Å². The van der Waals surface area contributed by atoms with Crippen LogP contribution >= 0.6 is 23.2 Å². The molecule has 32 heavy (non-hydrogen) atoms. The first-order valence-corrected chi connectivity index (χ1v) is 12.1. The van der Waals surface area contributed by atoms with Crippen molar-refractivity contribution in [2.75, 3.05) is 23.2 Å². The number of rotatable bonds is 7. The van der Waals surface area contributed by atoms with E-state index in [1.807, 2.05) is 0 Å². The van der Waals surface area contributed by atoms with E-state index in [4.69, 9.17) is 28.3 Å². The predicted molar refractivity (Wildman–Crippen MR) is 129 cm³/mol. The lowest BCUT2D eigenvalue weighted by Gasteiger charge is -2.19. The normalized spacial score (nSPS) is 11.9. The lowest BCUT2D eigenvalue weighted by molar-refractivity contribution is 0.311. The van der Waals surface area contributed by atoms with E-state index in [-0.39, 0.29) is 34.3 Å². The molecule has 0 unspecified atom stereocenters. The van der Waals surface area contributed by atoms with E-state index in [1.54, 1.807) is 42.5 Å². The van der Waals surface area contributed by atoms with Crippen molar-refractivity contribution in [3.8, 4) is 11.3 Å². The Balaban J connectivity index is 2.03. The molecule has 0 fully saturated rings. The molecule has 0 radical (unpaired) electrons. The molecule has 0 aliphatic carbocycles. The zero-order valence-corrected chi connectivity index (χ0v) is 20.2. The molecule has 0 aliphatic rings. The Morgan fingerprint density at radius 1 is 1.06 bits per heavy atom. The van der Waals surface area contributed by atoms with Gasteiger partial charge in [-0.1, -0.05) is 56.1 Å². The highest BCUT2D eigenvalue weighted by Crippen LogP contribution is 2.35. The standard InChI is InChI=1S/C22H24Cl2N4O3S/c1-22(2,3)14-4-7-16(8-5-14)32(30,31)28-18-9-6-15(23)12-17(18)20-21(25-10-11-29)26-13-19(24)27-20/h4-9,12-13,28-29H,10-11H2,1-3H3,(H,25,26). The molecule has 1 heterocycles. The molecule has 0 saturated carbocycles. The molecule has 0 aliphatic heterocycles. The van der Waals surface area contributed by atoms with Gasteiger partial charge in [0.1, 0.15) is 10.8 Å². The number of benzene rings is 2. The number of halogens is 2. The monoisotopic (exact) mass is 494 g/mol. The summed E-state index contributed by atoms with van der Waals surface area (Å²) in [5.41, 5.74) is 1.88. The molecule has 0 spiro atoms. The van der Waals surface area contributed by atoms with E-state index in [0.717, 1.165) is 5.56 Å². The number of nitrogens with zero attached hydrogens (tertiary/aromatic N) is 2. The minimum Gasteiger partial charge on any atom is -0.395 e. The number of aliphatic hydroxyl groups excluding tert-OH is 1. The summed E-state index contributed by atoms with van der Waals surface area (Å²) in [6, 6.07) is 11.5. The van der Waals surface area contributed by atoms with Gasteiger partial charge in [0, 0.05) is 17.1 Å². The third-order valence-electron chi connectivity index (χ3n) is 4.66. The zero-order valence-electron chi connectivity index (χ0n) is 17.9. The van der Waals surface area contributed by atoms with Crippen LogP contribution in [0.5, 0.6) is 0 Å². The summed E-state index contributed by atoms with van der Waals surface area (Å²) in [5.74, 6) is 0.334. The fourth-order valence-electron chi connectivity index (χ4n) is 3.00. The summed E-state index contributed by atoms with van der Waals surface area (Å²) in [6.07, 6.45) is 1.36. The molecule has 7 nitrogen and oxygen atoms in total. The molecule has 3 N–H and O–H groups in total. The molecule has 3 aromatic rings. The van der Waals surface area contributed by atoms with Crippen molar-refractivity contribution in [1.29, 1.82) is 0 Å². The van der Waals surface area contributed by atoms with Crippen LogP contribution in [0, 0.1) is 0 Å². The summed E-state index contributed by atoms with van der Waals surface area (Å²) in [5, 5.41) is 12.6. The first kappa shape index (κ1) is 24.3. The first-order valence-electron chi connectivity index (χ1n) is 9.82. The number of aromatic nitrogens is 2. The maximum atomic E-state index is 13.1. The fraction of sp³-hybridized carbons (Fsp3) is 0.273. The Labute approximate surface area is 197 Å². The Morgan fingerprint density at radius 3 is 2.38 bits per heavy atom. The van der Waals surface area contributed by atoms with Gasteiger partial charge in [0.2, 0.25) is 0 Å². The van der Waals surface area contributed by atoms with Gasteiger partial charge < -0.3 is 10.4 Å². The Bertz CT molecular complexity index is 1210. The third kappa shape index (κ3) is 5.69. The van der Waals surface area contributed by atoms with Crippen LogP contribution in [0.2, 0.25) is 10.2 Å². The van der Waals surface area contributed by atoms with Crippen LogP contribution in [0.15, 0.2) is 53.6 Å². The summed E-state index contributed by atoms with van der Waals surface area (Å²) >= 11 is 12.2. The van der Waals surface area contributed by atoms with Crippen molar-refractivity contribution in [2.24, 2.45) is 0 Å². The second-order valence-corrected chi connectivity index (χ2v) is 10.6. The third-order valence-corrected chi connectivity index (χ3v) is 6.46. The summed E-state index contributed by atoms with van der Waals surface area (Å²) in [7, 11) is -3.89. The van der Waals surface area contributed by atoms with Gasteiger partial charge >= 0.3 is 0 Å². The molecule has 0 amide bonds. The first-order chi connectivity index (χ1) is 15.0. The number of hydrogen-bond donors (Lipinski definition) is 3. The van der Waals surface area contributed by atoms with Gasteiger partial charge in [-0.3, -0.25) is 4.72 Å². The average Bonchev–Trinajstić information content (AvgIpc) is 2.73. The van der Waals surface area contributed by atoms with E-state index >= 15 is 0 Å². The summed E-state index contributed by atoms with van der Waals surface area (Å²) in [6.45, 7) is 6.28. The van der Waals surface area contributed by atoms with Crippen LogP contribution in [-0.2, 0) is 15.4 Å². The zero-order chi connectivity index (χ0) is 23.5. The number of aliphatic hydroxyl groups is 1. The Morgan fingerprint density at radius 2 is 1.75 bits per heavy atom. The van der Waals surface area contributed by atoms with E-state index in [2.05, 4.69) is 40.8 Å². The van der Waals surface area contributed by atoms with Gasteiger partial charge in [-0.25, -0.2) is 18.4 Å². The Kier molecular flexibility index (Phi) is 7.29. The van der Waals surface area contributed by atoms with Crippen LogP contribution in [0.4, 0.5) is 11.5 Å². The van der Waals surface area contributed by atoms with E-state index in [1.165, 1.54) is 6.20 Å². The number of anilines is 2. The van der Waals surface area contributed by atoms with Gasteiger partial charge in [-0.2, -0.15) is 0 Å². The largest absolute Gasteiger partial charge is 0.395 e. The van der Waals surface area contributed by atoms with Crippen molar-refractivity contribution in [1.82, 2.24) is 9.97 Å². The molecule has 3 rings (SSSR count). The van der Waals surface area contributed by atoms with Crippen molar-refractivity contribution < 1.29 is 13.5 Å². The lowest BCUT2D eigenvalue weighted by Crippen LogP contribution is -2.16. The molecule has 0 saturated heterocycles. The van der Waals surface area contributed by atoms with Gasteiger partial charge in [0.05, 0.1) is 23.4 Å². The SMILES string of the molecule is CC(C)(C)c1ccc(S(=O)(=O)Nc2ccc(Cl)cc2-c2nc(Cl)cnc2NCCO)cc1. The van der Waals surface area contributed by atoms with E-state index < -0.39 is 10.0 Å². The maximum Gasteiger partial charge on any atom is 0.261 e. The van der Waals surface area contributed by atoms with Crippen molar-refractivity contribution in [3.63, 3.8) is 0 Å². The van der Waals surface area contributed by atoms with E-state index in [0.29, 0.717) is 22.1 Å². The van der Waals surface area contributed by atoms with Gasteiger partial charge in [0.15, 0.2) is 5.82 Å². The number of hydrogen-bond acceptors (Lipinski definition) is 6. The van der Waals surface area contributed by atoms with Crippen LogP contribution in [0.25, 0.3) is 11.3 Å². The van der Waals surface area contributed by atoms with Crippen molar-refractivity contribution in [2.45, 2.75) is 31.1 Å². The minimum atomic E-state index is -3.89. The molecule has 0 bridgehead atoms. The van der Waals surface area contributed by atoms with Crippen molar-refractivity contribution >= 4 is 44.7 Å². The fourth-order valence-corrected chi connectivity index (χ4v) is 4.38. The second kappa shape index (κ2) is 9.62. The highest BCUT2D eigenvalue weighted by Gasteiger charge is 2.21. The van der Waals surface area contributed by atoms with Crippen LogP contribution in [-0.4, -0.2) is 36.6 Å². The summed E-state index contributed by atoms with van der Waals surface area (Å²) < 4.78 is 28.8. The molecule has 0 atom stereocenters. The van der Waals surface area contributed by atoms with Crippen LogP contribution in [0.1, 0.15) is 26.3 Å². The molecular weight excluding hydrogens is 471 g/mol.